The first-order valence-electron chi connectivity index (χ1n) is 5.41. The highest BCUT2D eigenvalue weighted by Crippen LogP contribution is 2.12. The lowest BCUT2D eigenvalue weighted by Gasteiger charge is -2.15. The molecule has 0 spiro atoms. The number of urea groups is 1. The Bertz CT molecular complexity index is 441. The minimum absolute atomic E-state index is 0.0595. The molecule has 6 heteroatoms. The van der Waals surface area contributed by atoms with Crippen molar-refractivity contribution in [3.05, 3.63) is 24.0 Å². The number of carbonyl (C=O) groups excluding carboxylic acids is 1. The van der Waals surface area contributed by atoms with E-state index in [1.807, 2.05) is 0 Å². The molecule has 6 nitrogen and oxygen atoms in total. The number of aromatic nitrogens is 1. The maximum atomic E-state index is 11.7. The number of nitrogens with zero attached hydrogens (tertiary/aromatic N) is 2. The highest BCUT2D eigenvalue weighted by molar-refractivity contribution is 5.92. The van der Waals surface area contributed by atoms with Crippen LogP contribution < -0.4 is 5.32 Å². The van der Waals surface area contributed by atoms with Crippen molar-refractivity contribution in [1.82, 2.24) is 9.88 Å². The van der Waals surface area contributed by atoms with Gasteiger partial charge in [0.1, 0.15) is 0 Å². The van der Waals surface area contributed by atoms with Crippen molar-refractivity contribution >= 4 is 17.7 Å². The van der Waals surface area contributed by atoms with Crippen LogP contribution in [-0.4, -0.2) is 40.1 Å². The summed E-state index contributed by atoms with van der Waals surface area (Å²) >= 11 is 0. The molecular weight excluding hydrogens is 222 g/mol. The van der Waals surface area contributed by atoms with Gasteiger partial charge in [-0.05, 0) is 18.9 Å². The van der Waals surface area contributed by atoms with Crippen LogP contribution in [0.25, 0.3) is 0 Å². The quantitative estimate of drug-likeness (QED) is 0.811. The molecule has 1 aliphatic rings. The molecule has 1 aliphatic heterocycles. The van der Waals surface area contributed by atoms with Gasteiger partial charge in [-0.15, -0.1) is 0 Å². The number of carboxylic acids is 1. The van der Waals surface area contributed by atoms with E-state index in [2.05, 4.69) is 10.3 Å². The van der Waals surface area contributed by atoms with Crippen molar-refractivity contribution in [2.45, 2.75) is 12.8 Å². The Labute approximate surface area is 98.3 Å². The molecule has 1 aromatic rings. The number of pyridine rings is 1. The molecule has 90 valence electrons. The van der Waals surface area contributed by atoms with E-state index in [-0.39, 0.29) is 11.6 Å². The van der Waals surface area contributed by atoms with Crippen LogP contribution in [0.2, 0.25) is 0 Å². The minimum Gasteiger partial charge on any atom is -0.478 e. The summed E-state index contributed by atoms with van der Waals surface area (Å²) in [7, 11) is 0. The molecule has 0 saturated carbocycles. The normalized spacial score (nSPS) is 14.7. The van der Waals surface area contributed by atoms with Crippen LogP contribution >= 0.6 is 0 Å². The first kappa shape index (κ1) is 11.4. The van der Waals surface area contributed by atoms with Crippen molar-refractivity contribution in [3.8, 4) is 0 Å². The molecule has 0 atom stereocenters. The molecule has 1 aromatic heterocycles. The molecule has 2 heterocycles. The Hall–Kier alpha value is -2.11. The fourth-order valence-electron chi connectivity index (χ4n) is 1.75. The lowest BCUT2D eigenvalue weighted by molar-refractivity contribution is 0.0696. The second-order valence-corrected chi connectivity index (χ2v) is 3.89. The van der Waals surface area contributed by atoms with E-state index >= 15 is 0 Å². The maximum Gasteiger partial charge on any atom is 0.337 e. The third kappa shape index (κ3) is 2.72. The Morgan fingerprint density at radius 3 is 2.65 bits per heavy atom. The number of carbonyl (C=O) groups is 2. The van der Waals surface area contributed by atoms with Crippen LogP contribution in [0.4, 0.5) is 10.5 Å². The van der Waals surface area contributed by atoms with Gasteiger partial charge >= 0.3 is 12.0 Å². The number of hydrogen-bond donors (Lipinski definition) is 2. The molecule has 0 unspecified atom stereocenters. The van der Waals surface area contributed by atoms with Gasteiger partial charge in [-0.1, -0.05) is 0 Å². The fourth-order valence-corrected chi connectivity index (χ4v) is 1.75. The van der Waals surface area contributed by atoms with Gasteiger partial charge in [0.15, 0.2) is 0 Å². The monoisotopic (exact) mass is 235 g/mol. The smallest absolute Gasteiger partial charge is 0.337 e. The molecule has 0 radical (unpaired) electrons. The predicted octanol–water partition coefficient (Wildman–Crippen LogP) is 1.41. The minimum atomic E-state index is -1.06. The van der Waals surface area contributed by atoms with E-state index in [9.17, 15) is 9.59 Å². The zero-order valence-corrected chi connectivity index (χ0v) is 9.22. The van der Waals surface area contributed by atoms with Crippen LogP contribution in [0.1, 0.15) is 23.2 Å². The molecule has 2 amide bonds. The average Bonchev–Trinajstić information content (AvgIpc) is 2.82. The topological polar surface area (TPSA) is 82.5 Å². The third-order valence-electron chi connectivity index (χ3n) is 2.63. The van der Waals surface area contributed by atoms with Gasteiger partial charge in [0.25, 0.3) is 0 Å². The van der Waals surface area contributed by atoms with Crippen molar-refractivity contribution in [2.75, 3.05) is 18.4 Å². The Balaban J connectivity index is 2.05. The number of amides is 2. The van der Waals surface area contributed by atoms with Gasteiger partial charge in [0.2, 0.25) is 0 Å². The molecule has 0 aromatic carbocycles. The van der Waals surface area contributed by atoms with Crippen LogP contribution in [0, 0.1) is 0 Å². The number of nitrogens with one attached hydrogen (secondary N) is 1. The van der Waals surface area contributed by atoms with Crippen LogP contribution in [0.15, 0.2) is 18.5 Å². The number of hydrogen-bond acceptors (Lipinski definition) is 3. The predicted molar refractivity (Wildman–Crippen MR) is 61.0 cm³/mol. The first-order valence-corrected chi connectivity index (χ1v) is 5.41. The van der Waals surface area contributed by atoms with Gasteiger partial charge in [-0.3, -0.25) is 4.98 Å². The van der Waals surface area contributed by atoms with Crippen LogP contribution in [0.3, 0.4) is 0 Å². The maximum absolute atomic E-state index is 11.7. The summed E-state index contributed by atoms with van der Waals surface area (Å²) in [5.74, 6) is -1.06. The van der Waals surface area contributed by atoms with Gasteiger partial charge in [-0.25, -0.2) is 9.59 Å². The third-order valence-corrected chi connectivity index (χ3v) is 2.63. The first-order chi connectivity index (χ1) is 8.16. The van der Waals surface area contributed by atoms with E-state index in [4.69, 9.17) is 5.11 Å². The molecule has 2 rings (SSSR count). The van der Waals surface area contributed by atoms with Crippen LogP contribution in [0.5, 0.6) is 0 Å². The standard InChI is InChI=1S/C11H13N3O3/c15-10(16)8-5-9(7-12-6-8)13-11(17)14-3-1-2-4-14/h5-7H,1-4H2,(H,13,17)(H,15,16). The number of aromatic carboxylic acids is 1. The molecular formula is C11H13N3O3. The Morgan fingerprint density at radius 1 is 1.29 bits per heavy atom. The van der Waals surface area contributed by atoms with Crippen LogP contribution in [-0.2, 0) is 0 Å². The van der Waals surface area contributed by atoms with E-state index in [0.717, 1.165) is 25.9 Å². The summed E-state index contributed by atoms with van der Waals surface area (Å²) < 4.78 is 0. The molecule has 2 N–H and O–H groups in total. The molecule has 1 fully saturated rings. The molecule has 1 saturated heterocycles. The molecule has 0 aliphatic carbocycles. The van der Waals surface area contributed by atoms with Gasteiger partial charge in [0.05, 0.1) is 17.4 Å². The van der Waals surface area contributed by atoms with E-state index in [1.165, 1.54) is 18.5 Å². The van der Waals surface area contributed by atoms with Crippen molar-refractivity contribution in [1.29, 1.82) is 0 Å². The highest BCUT2D eigenvalue weighted by Gasteiger charge is 2.18. The molecule has 0 bridgehead atoms. The summed E-state index contributed by atoms with van der Waals surface area (Å²) in [5.41, 5.74) is 0.464. The zero-order valence-electron chi connectivity index (χ0n) is 9.22. The summed E-state index contributed by atoms with van der Waals surface area (Å²) in [6.45, 7) is 1.50. The Morgan fingerprint density at radius 2 is 2.00 bits per heavy atom. The summed E-state index contributed by atoms with van der Waals surface area (Å²) in [5, 5.41) is 11.4. The highest BCUT2D eigenvalue weighted by atomic mass is 16.4. The largest absolute Gasteiger partial charge is 0.478 e. The van der Waals surface area contributed by atoms with E-state index < -0.39 is 5.97 Å². The number of likely N-dealkylation sites (tertiary alicyclic amines) is 1. The fraction of sp³-hybridized carbons (Fsp3) is 0.364. The van der Waals surface area contributed by atoms with Gasteiger partial charge < -0.3 is 15.3 Å². The van der Waals surface area contributed by atoms with Crippen molar-refractivity contribution in [3.63, 3.8) is 0 Å². The Kier molecular flexibility index (Phi) is 3.22. The second-order valence-electron chi connectivity index (χ2n) is 3.89. The summed E-state index contributed by atoms with van der Waals surface area (Å²) in [4.78, 5) is 27.9. The number of rotatable bonds is 2. The van der Waals surface area contributed by atoms with E-state index in [1.54, 1.807) is 4.90 Å². The SMILES string of the molecule is O=C(O)c1cncc(NC(=O)N2CCCC2)c1. The number of carboxylic acid groups (broad SMARTS) is 1. The molecule has 17 heavy (non-hydrogen) atoms. The number of anilines is 1. The van der Waals surface area contributed by atoms with Gasteiger partial charge in [0, 0.05) is 19.3 Å². The lowest BCUT2D eigenvalue weighted by atomic mass is 10.2. The summed E-state index contributed by atoms with van der Waals surface area (Å²) in [6.07, 6.45) is 4.70. The zero-order chi connectivity index (χ0) is 12.3. The summed E-state index contributed by atoms with van der Waals surface area (Å²) in [6, 6.07) is 1.19. The average molecular weight is 235 g/mol. The van der Waals surface area contributed by atoms with Gasteiger partial charge in [-0.2, -0.15) is 0 Å². The second kappa shape index (κ2) is 4.82. The van der Waals surface area contributed by atoms with E-state index in [0.29, 0.717) is 5.69 Å². The lowest BCUT2D eigenvalue weighted by Crippen LogP contribution is -2.32. The van der Waals surface area contributed by atoms with Crippen molar-refractivity contribution in [2.24, 2.45) is 0 Å². The van der Waals surface area contributed by atoms with Crippen molar-refractivity contribution < 1.29 is 14.7 Å².